The monoisotopic (exact) mass is 514 g/mol. The molecule has 1 unspecified atom stereocenters. The van der Waals surface area contributed by atoms with Crippen LogP contribution in [0.2, 0.25) is 0 Å². The number of carbonyl (C=O) groups excluding carboxylic acids is 2. The lowest BCUT2D eigenvalue weighted by Gasteiger charge is -2.37. The highest BCUT2D eigenvalue weighted by Gasteiger charge is 2.51. The Balaban J connectivity index is 1.81. The average Bonchev–Trinajstić information content (AvgIpc) is 3.29. The fraction of sp³-hybridized carbons (Fsp3) is 0.483. The third-order valence-electron chi connectivity index (χ3n) is 7.92. The molecule has 1 fully saturated rings. The molecule has 1 heterocycles. The van der Waals surface area contributed by atoms with Crippen molar-refractivity contribution < 1.29 is 27.2 Å². The van der Waals surface area contributed by atoms with Gasteiger partial charge in [-0.25, -0.2) is 9.28 Å². The molecule has 1 aliphatic rings. The summed E-state index contributed by atoms with van der Waals surface area (Å²) in [6.45, 7) is 4.06. The van der Waals surface area contributed by atoms with Gasteiger partial charge in [0.1, 0.15) is 6.54 Å². The van der Waals surface area contributed by atoms with E-state index in [9.17, 15) is 28.0 Å². The minimum atomic E-state index is -4.57. The highest BCUT2D eigenvalue weighted by atomic mass is 19.4. The Morgan fingerprint density at radius 3 is 2.32 bits per heavy atom. The minimum absolute atomic E-state index is 0.0103. The molecule has 3 rings (SSSR count). The van der Waals surface area contributed by atoms with Gasteiger partial charge in [-0.1, -0.05) is 68.8 Å². The van der Waals surface area contributed by atoms with E-state index in [1.807, 2.05) is 44.2 Å². The van der Waals surface area contributed by atoms with E-state index in [2.05, 4.69) is 6.07 Å². The van der Waals surface area contributed by atoms with Crippen molar-refractivity contribution in [3.05, 3.63) is 71.3 Å². The summed E-state index contributed by atoms with van der Waals surface area (Å²) in [4.78, 5) is 26.0. The normalized spacial score (nSPS) is 21.4. The number of likely N-dealkylation sites (tertiary alicyclic amines) is 1. The van der Waals surface area contributed by atoms with E-state index in [0.717, 1.165) is 11.6 Å². The van der Waals surface area contributed by atoms with Gasteiger partial charge in [-0.3, -0.25) is 4.79 Å². The molecule has 8 heteroatoms. The molecule has 2 N–H and O–H groups in total. The van der Waals surface area contributed by atoms with Gasteiger partial charge in [-0.05, 0) is 30.4 Å². The number of halogens is 3. The van der Waals surface area contributed by atoms with Gasteiger partial charge in [0.25, 0.3) is 5.91 Å². The van der Waals surface area contributed by atoms with Crippen molar-refractivity contribution in [3.8, 4) is 6.07 Å². The van der Waals surface area contributed by atoms with Crippen molar-refractivity contribution in [1.82, 2.24) is 0 Å². The quantitative estimate of drug-likeness (QED) is 0.318. The largest absolute Gasteiger partial charge is 0.416 e. The summed E-state index contributed by atoms with van der Waals surface area (Å²) in [5.41, 5.74) is 5.07. The van der Waals surface area contributed by atoms with E-state index in [0.29, 0.717) is 32.1 Å². The number of nitrogens with two attached hydrogens (primary N) is 1. The van der Waals surface area contributed by atoms with Crippen LogP contribution in [0.15, 0.2) is 54.6 Å². The van der Waals surface area contributed by atoms with Crippen LogP contribution < -0.4 is 5.73 Å². The Hall–Kier alpha value is -3.18. The second-order valence-electron chi connectivity index (χ2n) is 10.3. The zero-order valence-electron chi connectivity index (χ0n) is 21.4. The van der Waals surface area contributed by atoms with E-state index in [4.69, 9.17) is 5.73 Å². The summed E-state index contributed by atoms with van der Waals surface area (Å²) in [7, 11) is 0. The Kier molecular flexibility index (Phi) is 8.80. The standard InChI is InChI=1S/C29H34F3N3O2/c1-21(2)28(20-33,23-12-4-3-5-13-23)17-9-8-16-26(36)35(18-10-15-25(35)27(34)37)19-22-11-6-7-14-24(22)29(30,31)32/h3-7,11-14,21,25H,8-10,15-19H2,1-2H3,(H-,34,37)/p+1/t25?,28-,35+/m0/s1. The number of amides is 2. The molecule has 1 aliphatic heterocycles. The molecule has 3 atom stereocenters. The number of nitrogens with zero attached hydrogens (tertiary/aromatic N) is 2. The molecular weight excluding hydrogens is 479 g/mol. The first kappa shape index (κ1) is 28.4. The predicted octanol–water partition coefficient (Wildman–Crippen LogP) is 5.87. The van der Waals surface area contributed by atoms with Crippen LogP contribution >= 0.6 is 0 Å². The molecule has 2 amide bonds. The van der Waals surface area contributed by atoms with Crippen LogP contribution in [-0.2, 0) is 27.7 Å². The highest BCUT2D eigenvalue weighted by Crippen LogP contribution is 2.39. The second-order valence-corrected chi connectivity index (χ2v) is 10.3. The summed E-state index contributed by atoms with van der Waals surface area (Å²) in [6, 6.07) is 16.4. The summed E-state index contributed by atoms with van der Waals surface area (Å²) in [5, 5.41) is 10.1. The van der Waals surface area contributed by atoms with Crippen LogP contribution in [0.4, 0.5) is 13.2 Å². The van der Waals surface area contributed by atoms with Gasteiger partial charge < -0.3 is 5.73 Å². The zero-order chi connectivity index (χ0) is 27.3. The van der Waals surface area contributed by atoms with Gasteiger partial charge in [0.15, 0.2) is 6.04 Å². The fourth-order valence-electron chi connectivity index (χ4n) is 5.82. The Labute approximate surface area is 216 Å². The van der Waals surface area contributed by atoms with Crippen molar-refractivity contribution in [2.24, 2.45) is 11.7 Å². The molecule has 0 aliphatic carbocycles. The average molecular weight is 515 g/mol. The van der Waals surface area contributed by atoms with Crippen molar-refractivity contribution in [2.45, 2.75) is 76.6 Å². The molecule has 0 aromatic heterocycles. The smallest absolute Gasteiger partial charge is 0.364 e. The molecule has 0 bridgehead atoms. The van der Waals surface area contributed by atoms with E-state index in [1.165, 1.54) is 18.2 Å². The van der Waals surface area contributed by atoms with E-state index in [-0.39, 0.29) is 41.4 Å². The van der Waals surface area contributed by atoms with Crippen LogP contribution in [0.5, 0.6) is 0 Å². The molecule has 2 aromatic carbocycles. The number of hydrogen-bond donors (Lipinski definition) is 1. The lowest BCUT2D eigenvalue weighted by Crippen LogP contribution is -2.59. The van der Waals surface area contributed by atoms with E-state index >= 15 is 0 Å². The zero-order valence-corrected chi connectivity index (χ0v) is 21.4. The maximum atomic E-state index is 13.7. The topological polar surface area (TPSA) is 83.9 Å². The first-order valence-corrected chi connectivity index (χ1v) is 12.8. The number of quaternary nitrogens is 1. The number of nitriles is 1. The van der Waals surface area contributed by atoms with Crippen LogP contribution in [0.1, 0.15) is 69.1 Å². The molecular formula is C29H35F3N3O2+. The third kappa shape index (κ3) is 5.88. The number of unbranched alkanes of at least 4 members (excludes halogenated alkanes) is 1. The molecule has 0 saturated carbocycles. The number of rotatable bonds is 10. The SMILES string of the molecule is CC(C)[C@@](C#N)(CCCCC(=O)[N@@+]1(Cc2ccccc2C(F)(F)F)CCCC1C(N)=O)c1ccccc1. The number of carbonyl (C=O) groups is 2. The lowest BCUT2D eigenvalue weighted by atomic mass is 9.69. The molecule has 198 valence electrons. The molecule has 5 nitrogen and oxygen atoms in total. The van der Waals surface area contributed by atoms with Gasteiger partial charge in [0.2, 0.25) is 0 Å². The van der Waals surface area contributed by atoms with Crippen molar-refractivity contribution in [2.75, 3.05) is 6.54 Å². The van der Waals surface area contributed by atoms with Crippen molar-refractivity contribution in [1.29, 1.82) is 5.26 Å². The molecule has 37 heavy (non-hydrogen) atoms. The second kappa shape index (κ2) is 11.5. The Morgan fingerprint density at radius 2 is 1.73 bits per heavy atom. The molecule has 2 aromatic rings. The number of benzene rings is 2. The molecule has 0 spiro atoms. The number of primary amides is 1. The molecule has 1 saturated heterocycles. The lowest BCUT2D eigenvalue weighted by molar-refractivity contribution is -0.871. The third-order valence-corrected chi connectivity index (χ3v) is 7.92. The maximum Gasteiger partial charge on any atom is 0.416 e. The number of hydrogen-bond acceptors (Lipinski definition) is 3. The summed E-state index contributed by atoms with van der Waals surface area (Å²) < 4.78 is 40.7. The van der Waals surface area contributed by atoms with Crippen LogP contribution in [0, 0.1) is 17.2 Å². The number of alkyl halides is 3. The van der Waals surface area contributed by atoms with Gasteiger partial charge in [-0.2, -0.15) is 18.4 Å². The van der Waals surface area contributed by atoms with Gasteiger partial charge in [0, 0.05) is 18.4 Å². The van der Waals surface area contributed by atoms with E-state index < -0.39 is 29.1 Å². The van der Waals surface area contributed by atoms with E-state index in [1.54, 1.807) is 0 Å². The van der Waals surface area contributed by atoms with Gasteiger partial charge in [0.05, 0.1) is 30.0 Å². The Morgan fingerprint density at radius 1 is 1.08 bits per heavy atom. The Bertz CT molecular complexity index is 1140. The van der Waals surface area contributed by atoms with Gasteiger partial charge >= 0.3 is 12.1 Å². The minimum Gasteiger partial charge on any atom is -0.364 e. The van der Waals surface area contributed by atoms with Crippen LogP contribution in [0.3, 0.4) is 0 Å². The fourth-order valence-corrected chi connectivity index (χ4v) is 5.82. The van der Waals surface area contributed by atoms with Gasteiger partial charge in [-0.15, -0.1) is 0 Å². The van der Waals surface area contributed by atoms with Crippen LogP contribution in [0.25, 0.3) is 0 Å². The van der Waals surface area contributed by atoms with Crippen molar-refractivity contribution in [3.63, 3.8) is 0 Å². The summed E-state index contributed by atoms with van der Waals surface area (Å²) in [6.07, 6.45) is -1.96. The maximum absolute atomic E-state index is 13.7. The first-order chi connectivity index (χ1) is 17.5. The summed E-state index contributed by atoms with van der Waals surface area (Å²) in [5.74, 6) is -0.890. The van der Waals surface area contributed by atoms with Crippen LogP contribution in [-0.4, -0.2) is 28.9 Å². The predicted molar refractivity (Wildman–Crippen MR) is 135 cm³/mol. The summed E-state index contributed by atoms with van der Waals surface area (Å²) >= 11 is 0. The molecule has 0 radical (unpaired) electrons. The van der Waals surface area contributed by atoms with Crippen molar-refractivity contribution >= 4 is 11.8 Å². The highest BCUT2D eigenvalue weighted by molar-refractivity contribution is 5.82. The first-order valence-electron chi connectivity index (χ1n) is 12.8.